The second kappa shape index (κ2) is 4.96. The van der Waals surface area contributed by atoms with Gasteiger partial charge in [-0.15, -0.1) is 10.2 Å². The second-order valence-electron chi connectivity index (χ2n) is 5.02. The van der Waals surface area contributed by atoms with E-state index in [2.05, 4.69) is 15.2 Å². The van der Waals surface area contributed by atoms with Gasteiger partial charge in [-0.2, -0.15) is 0 Å². The molecule has 2 aromatic heterocycles. The molecule has 0 radical (unpaired) electrons. The van der Waals surface area contributed by atoms with E-state index < -0.39 is 0 Å². The van der Waals surface area contributed by atoms with E-state index in [0.29, 0.717) is 10.9 Å². The van der Waals surface area contributed by atoms with E-state index in [0.717, 1.165) is 27.9 Å². The molecule has 2 heterocycles. The molecule has 0 amide bonds. The van der Waals surface area contributed by atoms with Crippen molar-refractivity contribution in [2.24, 2.45) is 0 Å². The second-order valence-corrected chi connectivity index (χ2v) is 5.43. The number of halogens is 1. The Kier molecular flexibility index (Phi) is 2.94. The predicted molar refractivity (Wildman–Crippen MR) is 84.1 cm³/mol. The lowest BCUT2D eigenvalue weighted by Crippen LogP contribution is -1.91. The lowest BCUT2D eigenvalue weighted by Gasteiger charge is -2.04. The Morgan fingerprint density at radius 2 is 1.86 bits per heavy atom. The van der Waals surface area contributed by atoms with Crippen molar-refractivity contribution < 1.29 is 4.42 Å². The lowest BCUT2D eigenvalue weighted by molar-refractivity contribution is 0.620. The van der Waals surface area contributed by atoms with Crippen molar-refractivity contribution in [1.82, 2.24) is 19.7 Å². The number of hydrogen-bond acceptors (Lipinski definition) is 4. The lowest BCUT2D eigenvalue weighted by atomic mass is 10.2. The van der Waals surface area contributed by atoms with Crippen LogP contribution >= 0.6 is 11.6 Å². The molecule has 0 fully saturated rings. The molecule has 108 valence electrons. The van der Waals surface area contributed by atoms with Crippen LogP contribution in [0.25, 0.3) is 28.2 Å². The van der Waals surface area contributed by atoms with Crippen LogP contribution in [0.3, 0.4) is 0 Å². The Balaban J connectivity index is 1.88. The Morgan fingerprint density at radius 3 is 2.68 bits per heavy atom. The SMILES string of the molecule is Cc1ccc2oc(-c3cc(-n4cnnc4)ccc3Cl)nc2c1. The monoisotopic (exact) mass is 310 g/mol. The molecule has 2 aromatic carbocycles. The van der Waals surface area contributed by atoms with Crippen molar-refractivity contribution in [3.63, 3.8) is 0 Å². The highest BCUT2D eigenvalue weighted by atomic mass is 35.5. The Hall–Kier alpha value is -2.66. The minimum atomic E-state index is 0.500. The van der Waals surface area contributed by atoms with Crippen LogP contribution in [0, 0.1) is 6.92 Å². The first kappa shape index (κ1) is 13.0. The van der Waals surface area contributed by atoms with Crippen LogP contribution in [0.1, 0.15) is 5.56 Å². The fourth-order valence-corrected chi connectivity index (χ4v) is 2.52. The first-order chi connectivity index (χ1) is 10.7. The van der Waals surface area contributed by atoms with Gasteiger partial charge in [-0.1, -0.05) is 17.7 Å². The van der Waals surface area contributed by atoms with Crippen molar-refractivity contribution >= 4 is 22.7 Å². The highest BCUT2D eigenvalue weighted by Gasteiger charge is 2.13. The summed E-state index contributed by atoms with van der Waals surface area (Å²) in [5, 5.41) is 8.20. The van der Waals surface area contributed by atoms with E-state index in [1.807, 2.05) is 43.3 Å². The zero-order valence-electron chi connectivity index (χ0n) is 11.7. The summed E-state index contributed by atoms with van der Waals surface area (Å²) in [6.45, 7) is 2.02. The Labute approximate surface area is 131 Å². The van der Waals surface area contributed by atoms with Gasteiger partial charge in [0.1, 0.15) is 18.2 Å². The average molecular weight is 311 g/mol. The average Bonchev–Trinajstić information content (AvgIpc) is 3.16. The van der Waals surface area contributed by atoms with E-state index in [-0.39, 0.29) is 0 Å². The first-order valence-electron chi connectivity index (χ1n) is 6.73. The summed E-state index contributed by atoms with van der Waals surface area (Å²) in [6, 6.07) is 11.5. The number of nitrogens with zero attached hydrogens (tertiary/aromatic N) is 4. The van der Waals surface area contributed by atoms with Gasteiger partial charge in [0.15, 0.2) is 5.58 Å². The molecule has 0 unspecified atom stereocenters. The van der Waals surface area contributed by atoms with Crippen LogP contribution < -0.4 is 0 Å². The molecular weight excluding hydrogens is 300 g/mol. The third-order valence-corrected chi connectivity index (χ3v) is 3.77. The van der Waals surface area contributed by atoms with Crippen LogP contribution in [0.4, 0.5) is 0 Å². The highest BCUT2D eigenvalue weighted by molar-refractivity contribution is 6.33. The fraction of sp³-hybridized carbons (Fsp3) is 0.0625. The fourth-order valence-electron chi connectivity index (χ4n) is 2.32. The van der Waals surface area contributed by atoms with Gasteiger partial charge in [0.25, 0.3) is 0 Å². The largest absolute Gasteiger partial charge is 0.436 e. The van der Waals surface area contributed by atoms with Gasteiger partial charge < -0.3 is 4.42 Å². The van der Waals surface area contributed by atoms with Crippen LogP contribution in [0.2, 0.25) is 5.02 Å². The molecule has 0 aliphatic rings. The van der Waals surface area contributed by atoms with Crippen molar-refractivity contribution in [1.29, 1.82) is 0 Å². The van der Waals surface area contributed by atoms with E-state index in [4.69, 9.17) is 16.0 Å². The van der Waals surface area contributed by atoms with Crippen molar-refractivity contribution in [3.05, 3.63) is 59.6 Å². The summed E-state index contributed by atoms with van der Waals surface area (Å²) in [5.74, 6) is 0.500. The quantitative estimate of drug-likeness (QED) is 0.561. The summed E-state index contributed by atoms with van der Waals surface area (Å²) in [4.78, 5) is 4.54. The molecule has 0 saturated heterocycles. The minimum Gasteiger partial charge on any atom is -0.436 e. The molecule has 0 N–H and O–H groups in total. The molecule has 5 nitrogen and oxygen atoms in total. The van der Waals surface area contributed by atoms with Crippen LogP contribution in [-0.2, 0) is 0 Å². The molecule has 0 atom stereocenters. The standard InChI is InChI=1S/C16H11ClN4O/c1-10-2-5-15-14(6-10)20-16(22-15)12-7-11(3-4-13(12)17)21-8-18-19-9-21/h2-9H,1H3. The van der Waals surface area contributed by atoms with Gasteiger partial charge >= 0.3 is 0 Å². The van der Waals surface area contributed by atoms with E-state index in [1.165, 1.54) is 0 Å². The maximum Gasteiger partial charge on any atom is 0.228 e. The summed E-state index contributed by atoms with van der Waals surface area (Å²) in [7, 11) is 0. The Bertz CT molecular complexity index is 960. The Morgan fingerprint density at radius 1 is 1.05 bits per heavy atom. The van der Waals surface area contributed by atoms with Gasteiger partial charge in [0.2, 0.25) is 5.89 Å². The zero-order valence-corrected chi connectivity index (χ0v) is 12.4. The summed E-state index contributed by atoms with van der Waals surface area (Å²) in [6.07, 6.45) is 3.25. The number of oxazole rings is 1. The first-order valence-corrected chi connectivity index (χ1v) is 7.10. The molecule has 0 aliphatic heterocycles. The zero-order chi connectivity index (χ0) is 15.1. The van der Waals surface area contributed by atoms with Gasteiger partial charge in [-0.3, -0.25) is 4.57 Å². The molecule has 4 rings (SSSR count). The van der Waals surface area contributed by atoms with Crippen molar-refractivity contribution in [2.45, 2.75) is 6.92 Å². The minimum absolute atomic E-state index is 0.500. The number of hydrogen-bond donors (Lipinski definition) is 0. The van der Waals surface area contributed by atoms with E-state index in [1.54, 1.807) is 17.2 Å². The van der Waals surface area contributed by atoms with Crippen molar-refractivity contribution in [3.8, 4) is 17.1 Å². The molecule has 0 saturated carbocycles. The molecule has 0 spiro atoms. The molecule has 0 bridgehead atoms. The molecular formula is C16H11ClN4O. The number of aromatic nitrogens is 4. The summed E-state index contributed by atoms with van der Waals surface area (Å²) < 4.78 is 7.62. The summed E-state index contributed by atoms with van der Waals surface area (Å²) in [5.41, 5.74) is 4.33. The molecule has 4 aromatic rings. The number of rotatable bonds is 2. The van der Waals surface area contributed by atoms with E-state index >= 15 is 0 Å². The normalized spacial score (nSPS) is 11.2. The molecule has 6 heteroatoms. The topological polar surface area (TPSA) is 56.7 Å². The highest BCUT2D eigenvalue weighted by Crippen LogP contribution is 2.31. The number of fused-ring (bicyclic) bond motifs is 1. The third-order valence-electron chi connectivity index (χ3n) is 3.44. The maximum atomic E-state index is 6.31. The van der Waals surface area contributed by atoms with E-state index in [9.17, 15) is 0 Å². The maximum absolute atomic E-state index is 6.31. The van der Waals surface area contributed by atoms with Gasteiger partial charge in [-0.25, -0.2) is 4.98 Å². The third kappa shape index (κ3) is 2.16. The van der Waals surface area contributed by atoms with Crippen LogP contribution in [0.15, 0.2) is 53.5 Å². The number of benzene rings is 2. The van der Waals surface area contributed by atoms with Crippen molar-refractivity contribution in [2.75, 3.05) is 0 Å². The van der Waals surface area contributed by atoms with Gasteiger partial charge in [0.05, 0.1) is 10.6 Å². The van der Waals surface area contributed by atoms with Crippen LogP contribution in [-0.4, -0.2) is 19.7 Å². The predicted octanol–water partition coefficient (Wildman–Crippen LogP) is 4.04. The van der Waals surface area contributed by atoms with Gasteiger partial charge in [-0.05, 0) is 42.8 Å². The number of aryl methyl sites for hydroxylation is 1. The van der Waals surface area contributed by atoms with Crippen LogP contribution in [0.5, 0.6) is 0 Å². The molecule has 22 heavy (non-hydrogen) atoms. The summed E-state index contributed by atoms with van der Waals surface area (Å²) >= 11 is 6.31. The van der Waals surface area contributed by atoms with Gasteiger partial charge in [0, 0.05) is 5.69 Å². The molecule has 0 aliphatic carbocycles. The smallest absolute Gasteiger partial charge is 0.228 e.